The Kier molecular flexibility index (Phi) is 3.72. The first-order chi connectivity index (χ1) is 9.24. The third-order valence-corrected chi connectivity index (χ3v) is 4.68. The van der Waals surface area contributed by atoms with E-state index in [4.69, 9.17) is 0 Å². The lowest BCUT2D eigenvalue weighted by molar-refractivity contribution is 0.672. The molecule has 1 fully saturated rings. The first kappa shape index (κ1) is 12.9. The predicted octanol–water partition coefficient (Wildman–Crippen LogP) is 4.40. The molecule has 1 aliphatic carbocycles. The van der Waals surface area contributed by atoms with Crippen LogP contribution in [0.1, 0.15) is 29.0 Å². The molecule has 0 bridgehead atoms. The second-order valence-electron chi connectivity index (χ2n) is 5.32. The van der Waals surface area contributed by atoms with Gasteiger partial charge in [0.15, 0.2) is 0 Å². The van der Waals surface area contributed by atoms with E-state index in [0.29, 0.717) is 12.0 Å². The first-order valence-corrected chi connectivity index (χ1v) is 7.56. The summed E-state index contributed by atoms with van der Waals surface area (Å²) in [6.07, 6.45) is 1.26. The maximum absolute atomic E-state index is 3.65. The van der Waals surface area contributed by atoms with Crippen LogP contribution in [0, 0.1) is 6.92 Å². The van der Waals surface area contributed by atoms with E-state index in [1.165, 1.54) is 27.6 Å². The molecular formula is C17H18BrN. The maximum atomic E-state index is 3.65. The van der Waals surface area contributed by atoms with E-state index < -0.39 is 0 Å². The maximum Gasteiger partial charge on any atom is 0.0208 e. The van der Waals surface area contributed by atoms with Gasteiger partial charge in [0.25, 0.3) is 0 Å². The van der Waals surface area contributed by atoms with Gasteiger partial charge in [0.1, 0.15) is 0 Å². The average Bonchev–Trinajstić information content (AvgIpc) is 3.21. The molecule has 0 saturated heterocycles. The SMILES string of the molecule is Cc1ccc(CNC2CC2c2ccccc2)cc1Br. The van der Waals surface area contributed by atoms with Crippen LogP contribution in [0.3, 0.4) is 0 Å². The Morgan fingerprint density at radius 2 is 1.95 bits per heavy atom. The minimum absolute atomic E-state index is 0.641. The summed E-state index contributed by atoms with van der Waals surface area (Å²) in [6, 6.07) is 18.0. The average molecular weight is 316 g/mol. The fourth-order valence-electron chi connectivity index (χ4n) is 2.48. The molecule has 1 N–H and O–H groups in total. The summed E-state index contributed by atoms with van der Waals surface area (Å²) in [5.41, 5.74) is 4.10. The zero-order chi connectivity index (χ0) is 13.2. The minimum atomic E-state index is 0.641. The van der Waals surface area contributed by atoms with Gasteiger partial charge >= 0.3 is 0 Å². The molecule has 0 aromatic heterocycles. The van der Waals surface area contributed by atoms with Crippen molar-refractivity contribution in [2.24, 2.45) is 0 Å². The second kappa shape index (κ2) is 5.48. The molecule has 0 amide bonds. The van der Waals surface area contributed by atoms with E-state index in [9.17, 15) is 0 Å². The van der Waals surface area contributed by atoms with E-state index in [-0.39, 0.29) is 0 Å². The van der Waals surface area contributed by atoms with Gasteiger partial charge in [-0.15, -0.1) is 0 Å². The molecule has 1 saturated carbocycles. The third-order valence-electron chi connectivity index (χ3n) is 3.82. The molecular weight excluding hydrogens is 298 g/mol. The van der Waals surface area contributed by atoms with Crippen molar-refractivity contribution in [3.05, 3.63) is 69.7 Å². The quantitative estimate of drug-likeness (QED) is 0.881. The monoisotopic (exact) mass is 315 g/mol. The van der Waals surface area contributed by atoms with Crippen molar-refractivity contribution in [3.8, 4) is 0 Å². The van der Waals surface area contributed by atoms with Crippen molar-refractivity contribution in [2.45, 2.75) is 31.8 Å². The molecule has 1 aliphatic rings. The van der Waals surface area contributed by atoms with Crippen molar-refractivity contribution < 1.29 is 0 Å². The van der Waals surface area contributed by atoms with Crippen LogP contribution in [-0.4, -0.2) is 6.04 Å². The van der Waals surface area contributed by atoms with Crippen LogP contribution in [0.4, 0.5) is 0 Å². The van der Waals surface area contributed by atoms with Gasteiger partial charge in [-0.2, -0.15) is 0 Å². The summed E-state index contributed by atoms with van der Waals surface area (Å²) in [7, 11) is 0. The Morgan fingerprint density at radius 1 is 1.16 bits per heavy atom. The third kappa shape index (κ3) is 3.07. The minimum Gasteiger partial charge on any atom is -0.309 e. The molecule has 2 aromatic rings. The number of benzene rings is 2. The van der Waals surface area contributed by atoms with Gasteiger partial charge in [-0.05, 0) is 36.1 Å². The van der Waals surface area contributed by atoms with Gasteiger partial charge in [0.2, 0.25) is 0 Å². The summed E-state index contributed by atoms with van der Waals surface area (Å²) >= 11 is 3.59. The van der Waals surface area contributed by atoms with Crippen LogP contribution >= 0.6 is 15.9 Å². The molecule has 1 nitrogen and oxygen atoms in total. The Balaban J connectivity index is 1.56. The topological polar surface area (TPSA) is 12.0 Å². The van der Waals surface area contributed by atoms with Gasteiger partial charge in [-0.25, -0.2) is 0 Å². The summed E-state index contributed by atoms with van der Waals surface area (Å²) in [4.78, 5) is 0. The Morgan fingerprint density at radius 3 is 2.68 bits per heavy atom. The Labute approximate surface area is 123 Å². The fraction of sp³-hybridized carbons (Fsp3) is 0.294. The van der Waals surface area contributed by atoms with Gasteiger partial charge in [-0.3, -0.25) is 0 Å². The van der Waals surface area contributed by atoms with E-state index in [1.807, 2.05) is 0 Å². The standard InChI is InChI=1S/C17H18BrN/c1-12-7-8-13(9-16(12)18)11-19-17-10-15(17)14-5-3-2-4-6-14/h2-9,15,17,19H,10-11H2,1H3. The summed E-state index contributed by atoms with van der Waals surface area (Å²) in [6.45, 7) is 3.07. The van der Waals surface area contributed by atoms with E-state index in [1.54, 1.807) is 0 Å². The lowest BCUT2D eigenvalue weighted by Crippen LogP contribution is -2.17. The summed E-state index contributed by atoms with van der Waals surface area (Å²) < 4.78 is 1.20. The molecule has 0 spiro atoms. The van der Waals surface area contributed by atoms with Gasteiger partial charge in [0, 0.05) is 23.0 Å². The highest BCUT2D eigenvalue weighted by Crippen LogP contribution is 2.40. The van der Waals surface area contributed by atoms with Crippen molar-refractivity contribution >= 4 is 15.9 Å². The van der Waals surface area contributed by atoms with Crippen molar-refractivity contribution in [2.75, 3.05) is 0 Å². The first-order valence-electron chi connectivity index (χ1n) is 6.77. The van der Waals surface area contributed by atoms with Crippen LogP contribution in [0.2, 0.25) is 0 Å². The number of hydrogen-bond acceptors (Lipinski definition) is 1. The second-order valence-corrected chi connectivity index (χ2v) is 6.18. The summed E-state index contributed by atoms with van der Waals surface area (Å²) in [5, 5.41) is 3.65. The lowest BCUT2D eigenvalue weighted by Gasteiger charge is -2.06. The zero-order valence-electron chi connectivity index (χ0n) is 11.1. The number of hydrogen-bond donors (Lipinski definition) is 1. The van der Waals surface area contributed by atoms with Crippen LogP contribution in [0.5, 0.6) is 0 Å². The predicted molar refractivity (Wildman–Crippen MR) is 83.3 cm³/mol. The normalized spacial score (nSPS) is 21.4. The molecule has 0 heterocycles. The molecule has 0 aliphatic heterocycles. The molecule has 2 unspecified atom stereocenters. The van der Waals surface area contributed by atoms with E-state index in [0.717, 1.165) is 6.54 Å². The molecule has 2 atom stereocenters. The summed E-state index contributed by atoms with van der Waals surface area (Å²) in [5.74, 6) is 0.704. The highest BCUT2D eigenvalue weighted by Gasteiger charge is 2.37. The fourth-order valence-corrected chi connectivity index (χ4v) is 2.91. The van der Waals surface area contributed by atoms with Gasteiger partial charge in [-0.1, -0.05) is 58.4 Å². The highest BCUT2D eigenvalue weighted by atomic mass is 79.9. The number of nitrogens with one attached hydrogen (secondary N) is 1. The largest absolute Gasteiger partial charge is 0.309 e. The van der Waals surface area contributed by atoms with Crippen LogP contribution in [-0.2, 0) is 6.54 Å². The molecule has 3 rings (SSSR count). The number of aryl methyl sites for hydroxylation is 1. The van der Waals surface area contributed by atoms with Crippen molar-refractivity contribution in [3.63, 3.8) is 0 Å². The molecule has 19 heavy (non-hydrogen) atoms. The van der Waals surface area contributed by atoms with Crippen LogP contribution < -0.4 is 5.32 Å². The molecule has 2 aromatic carbocycles. The van der Waals surface area contributed by atoms with Crippen LogP contribution in [0.15, 0.2) is 53.0 Å². The lowest BCUT2D eigenvalue weighted by atomic mass is 10.1. The van der Waals surface area contributed by atoms with Gasteiger partial charge in [0.05, 0.1) is 0 Å². The molecule has 2 heteroatoms. The van der Waals surface area contributed by atoms with Crippen LogP contribution in [0.25, 0.3) is 0 Å². The van der Waals surface area contributed by atoms with E-state index >= 15 is 0 Å². The number of rotatable bonds is 4. The molecule has 0 radical (unpaired) electrons. The van der Waals surface area contributed by atoms with Gasteiger partial charge < -0.3 is 5.32 Å². The number of halogens is 1. The van der Waals surface area contributed by atoms with Crippen molar-refractivity contribution in [1.82, 2.24) is 5.32 Å². The highest BCUT2D eigenvalue weighted by molar-refractivity contribution is 9.10. The molecule has 98 valence electrons. The zero-order valence-corrected chi connectivity index (χ0v) is 12.7. The van der Waals surface area contributed by atoms with Crippen molar-refractivity contribution in [1.29, 1.82) is 0 Å². The Bertz CT molecular complexity index is 565. The smallest absolute Gasteiger partial charge is 0.0208 e. The van der Waals surface area contributed by atoms with E-state index in [2.05, 4.69) is 76.7 Å². The Hall–Kier alpha value is -1.12.